The molecule has 1 rings (SSSR count). The number of alkyl halides is 1. The molecule has 1 atom stereocenters. The van der Waals surface area contributed by atoms with Gasteiger partial charge in [0.25, 0.3) is 0 Å². The molecule has 1 heterocycles. The van der Waals surface area contributed by atoms with E-state index in [0.717, 1.165) is 51.6 Å². The molecule has 4 heteroatoms. The Morgan fingerprint density at radius 2 is 2.18 bits per heavy atom. The molecule has 3 nitrogen and oxygen atoms in total. The Hall–Kier alpha value is 0.170. The first kappa shape index (κ1) is 15.2. The summed E-state index contributed by atoms with van der Waals surface area (Å²) in [7, 11) is 2.19. The normalized spacial score (nSPS) is 22.2. The molecule has 0 radical (unpaired) electrons. The maximum absolute atomic E-state index is 5.80. The highest BCUT2D eigenvalue weighted by molar-refractivity contribution is 6.17. The van der Waals surface area contributed by atoms with Gasteiger partial charge in [-0.05, 0) is 33.0 Å². The van der Waals surface area contributed by atoms with E-state index < -0.39 is 0 Å². The predicted octanol–water partition coefficient (Wildman–Crippen LogP) is 2.05. The van der Waals surface area contributed by atoms with Gasteiger partial charge in [-0.25, -0.2) is 0 Å². The Bertz CT molecular complexity index is 192. The van der Waals surface area contributed by atoms with Crippen LogP contribution in [0.4, 0.5) is 0 Å². The van der Waals surface area contributed by atoms with Crippen molar-refractivity contribution in [2.75, 3.05) is 52.3 Å². The maximum Gasteiger partial charge on any atom is 0.0829 e. The van der Waals surface area contributed by atoms with E-state index in [1.165, 1.54) is 12.8 Å². The number of halogens is 1. The van der Waals surface area contributed by atoms with Gasteiger partial charge in [0.05, 0.1) is 12.7 Å². The molecule has 1 fully saturated rings. The van der Waals surface area contributed by atoms with E-state index in [0.29, 0.717) is 6.10 Å². The highest BCUT2D eigenvalue weighted by atomic mass is 35.5. The molecule has 0 aromatic carbocycles. The largest absolute Gasteiger partial charge is 0.374 e. The number of nitrogens with zero attached hydrogens (tertiary/aromatic N) is 2. The summed E-state index contributed by atoms with van der Waals surface area (Å²) in [5.41, 5.74) is 0. The number of morpholine rings is 1. The van der Waals surface area contributed by atoms with E-state index in [9.17, 15) is 0 Å². The Balaban J connectivity index is 2.10. The maximum atomic E-state index is 5.80. The Kier molecular flexibility index (Phi) is 8.19. The van der Waals surface area contributed by atoms with Gasteiger partial charge in [-0.3, -0.25) is 4.90 Å². The third kappa shape index (κ3) is 6.61. The topological polar surface area (TPSA) is 15.7 Å². The number of hydrogen-bond donors (Lipinski definition) is 0. The van der Waals surface area contributed by atoms with Crippen LogP contribution in [0.15, 0.2) is 0 Å². The fourth-order valence-electron chi connectivity index (χ4n) is 2.27. The van der Waals surface area contributed by atoms with Crippen LogP contribution in [0, 0.1) is 0 Å². The molecule has 0 saturated carbocycles. The summed E-state index contributed by atoms with van der Waals surface area (Å²) in [5, 5.41) is 0. The van der Waals surface area contributed by atoms with E-state index in [4.69, 9.17) is 16.3 Å². The van der Waals surface area contributed by atoms with Crippen LogP contribution in [0.5, 0.6) is 0 Å². The fraction of sp³-hybridized carbons (Fsp3) is 1.00. The van der Waals surface area contributed by atoms with Gasteiger partial charge in [0.1, 0.15) is 0 Å². The fourth-order valence-corrected chi connectivity index (χ4v) is 2.46. The number of hydrogen-bond acceptors (Lipinski definition) is 3. The van der Waals surface area contributed by atoms with Crippen molar-refractivity contribution in [1.29, 1.82) is 0 Å². The van der Waals surface area contributed by atoms with Crippen molar-refractivity contribution in [1.82, 2.24) is 9.80 Å². The van der Waals surface area contributed by atoms with E-state index in [2.05, 4.69) is 23.8 Å². The third-order valence-electron chi connectivity index (χ3n) is 3.36. The van der Waals surface area contributed by atoms with Crippen molar-refractivity contribution < 1.29 is 4.74 Å². The lowest BCUT2D eigenvalue weighted by Gasteiger charge is -2.34. The van der Waals surface area contributed by atoms with E-state index in [-0.39, 0.29) is 0 Å². The first-order valence-corrected chi connectivity index (χ1v) is 7.38. The summed E-state index contributed by atoms with van der Waals surface area (Å²) in [6.07, 6.45) is 4.01. The molecular weight excluding hydrogens is 236 g/mol. The van der Waals surface area contributed by atoms with Crippen molar-refractivity contribution in [2.45, 2.75) is 32.3 Å². The van der Waals surface area contributed by atoms with E-state index in [1.807, 2.05) is 0 Å². The van der Waals surface area contributed by atoms with Crippen LogP contribution in [0.2, 0.25) is 0 Å². The molecular formula is C13H27ClN2O. The summed E-state index contributed by atoms with van der Waals surface area (Å²) >= 11 is 5.67. The second kappa shape index (κ2) is 9.15. The first-order chi connectivity index (χ1) is 8.26. The molecule has 1 aliphatic rings. The number of ether oxygens (including phenoxy) is 1. The van der Waals surface area contributed by atoms with Crippen molar-refractivity contribution >= 4 is 11.6 Å². The standard InChI is InChI=1S/C13H27ClN2O/c1-3-16-9-10-17-13(12-16)11-15(2)8-6-4-5-7-14/h13H,3-12H2,1-2H3. The highest BCUT2D eigenvalue weighted by Gasteiger charge is 2.20. The average Bonchev–Trinajstić information content (AvgIpc) is 2.35. The average molecular weight is 263 g/mol. The lowest BCUT2D eigenvalue weighted by molar-refractivity contribution is -0.0389. The quantitative estimate of drug-likeness (QED) is 0.492. The Labute approximate surface area is 111 Å². The van der Waals surface area contributed by atoms with Crippen molar-refractivity contribution in [2.24, 2.45) is 0 Å². The van der Waals surface area contributed by atoms with Gasteiger partial charge in [-0.1, -0.05) is 13.3 Å². The van der Waals surface area contributed by atoms with Gasteiger partial charge in [0.2, 0.25) is 0 Å². The number of rotatable bonds is 8. The third-order valence-corrected chi connectivity index (χ3v) is 3.63. The first-order valence-electron chi connectivity index (χ1n) is 6.84. The van der Waals surface area contributed by atoms with Gasteiger partial charge < -0.3 is 9.64 Å². The summed E-state index contributed by atoms with van der Waals surface area (Å²) in [6.45, 7) is 8.63. The minimum Gasteiger partial charge on any atom is -0.374 e. The van der Waals surface area contributed by atoms with Crippen molar-refractivity contribution in [3.63, 3.8) is 0 Å². The van der Waals surface area contributed by atoms with Gasteiger partial charge in [0, 0.05) is 25.5 Å². The molecule has 0 amide bonds. The molecule has 0 aliphatic carbocycles. The minimum atomic E-state index is 0.390. The molecule has 102 valence electrons. The van der Waals surface area contributed by atoms with E-state index in [1.54, 1.807) is 0 Å². The lowest BCUT2D eigenvalue weighted by Crippen LogP contribution is -2.46. The molecule has 17 heavy (non-hydrogen) atoms. The van der Waals surface area contributed by atoms with Crippen LogP contribution < -0.4 is 0 Å². The second-order valence-electron chi connectivity index (χ2n) is 4.90. The second-order valence-corrected chi connectivity index (χ2v) is 5.28. The lowest BCUT2D eigenvalue weighted by atomic mass is 10.2. The molecule has 0 aromatic heterocycles. The molecule has 1 aliphatic heterocycles. The van der Waals surface area contributed by atoms with Gasteiger partial charge >= 0.3 is 0 Å². The van der Waals surface area contributed by atoms with Crippen LogP contribution in [0.25, 0.3) is 0 Å². The molecule has 0 spiro atoms. The highest BCUT2D eigenvalue weighted by Crippen LogP contribution is 2.07. The van der Waals surface area contributed by atoms with Crippen LogP contribution in [0.3, 0.4) is 0 Å². The molecule has 0 bridgehead atoms. The minimum absolute atomic E-state index is 0.390. The molecule has 1 unspecified atom stereocenters. The monoisotopic (exact) mass is 262 g/mol. The zero-order valence-corrected chi connectivity index (χ0v) is 12.1. The Morgan fingerprint density at radius 3 is 2.88 bits per heavy atom. The Morgan fingerprint density at radius 1 is 1.35 bits per heavy atom. The van der Waals surface area contributed by atoms with Crippen molar-refractivity contribution in [3.05, 3.63) is 0 Å². The van der Waals surface area contributed by atoms with Crippen LogP contribution >= 0.6 is 11.6 Å². The summed E-state index contributed by atoms with van der Waals surface area (Å²) in [4.78, 5) is 4.85. The number of unbranched alkanes of at least 4 members (excludes halogenated alkanes) is 2. The predicted molar refractivity (Wildman–Crippen MR) is 73.9 cm³/mol. The van der Waals surface area contributed by atoms with Gasteiger partial charge in [-0.2, -0.15) is 0 Å². The van der Waals surface area contributed by atoms with Gasteiger partial charge in [0.15, 0.2) is 0 Å². The summed E-state index contributed by atoms with van der Waals surface area (Å²) in [5.74, 6) is 0.793. The smallest absolute Gasteiger partial charge is 0.0829 e. The van der Waals surface area contributed by atoms with Crippen molar-refractivity contribution in [3.8, 4) is 0 Å². The van der Waals surface area contributed by atoms with Crippen LogP contribution in [-0.4, -0.2) is 68.2 Å². The van der Waals surface area contributed by atoms with E-state index >= 15 is 0 Å². The van der Waals surface area contributed by atoms with Crippen LogP contribution in [0.1, 0.15) is 26.2 Å². The van der Waals surface area contributed by atoms with Crippen LogP contribution in [-0.2, 0) is 4.74 Å². The SMILES string of the molecule is CCN1CCOC(CN(C)CCCCCCl)C1. The summed E-state index contributed by atoms with van der Waals surface area (Å²) < 4.78 is 5.80. The zero-order valence-electron chi connectivity index (χ0n) is 11.3. The molecule has 1 saturated heterocycles. The zero-order chi connectivity index (χ0) is 12.5. The molecule has 0 aromatic rings. The number of likely N-dealkylation sites (N-methyl/N-ethyl adjacent to an activating group) is 2. The summed E-state index contributed by atoms with van der Waals surface area (Å²) in [6, 6.07) is 0. The van der Waals surface area contributed by atoms with Gasteiger partial charge in [-0.15, -0.1) is 11.6 Å². The molecule has 0 N–H and O–H groups in total.